The summed E-state index contributed by atoms with van der Waals surface area (Å²) in [5.41, 5.74) is 1.85. The van der Waals surface area contributed by atoms with E-state index in [1.54, 1.807) is 13.0 Å². The first-order valence-electron chi connectivity index (χ1n) is 16.7. The van der Waals surface area contributed by atoms with Crippen LogP contribution in [0.25, 0.3) is 11.1 Å². The monoisotopic (exact) mass is 686 g/mol. The van der Waals surface area contributed by atoms with Crippen molar-refractivity contribution in [1.82, 2.24) is 19.9 Å². The van der Waals surface area contributed by atoms with E-state index >= 15 is 0 Å². The molecule has 0 saturated carbocycles. The molecule has 0 bridgehead atoms. The van der Waals surface area contributed by atoms with E-state index in [1.165, 1.54) is 16.4 Å². The second-order valence-electron chi connectivity index (χ2n) is 14.5. The van der Waals surface area contributed by atoms with Crippen molar-refractivity contribution in [3.05, 3.63) is 60.0 Å². The number of hydrogen-bond donors (Lipinski definition) is 3. The smallest absolute Gasteiger partial charge is 0.407 e. The van der Waals surface area contributed by atoms with Gasteiger partial charge in [-0.15, -0.1) is 0 Å². The lowest BCUT2D eigenvalue weighted by Gasteiger charge is -2.36. The highest BCUT2D eigenvalue weighted by Gasteiger charge is 2.47. The van der Waals surface area contributed by atoms with Gasteiger partial charge in [0.25, 0.3) is 0 Å². The zero-order chi connectivity index (χ0) is 34.6. The van der Waals surface area contributed by atoms with Crippen molar-refractivity contribution in [3.8, 4) is 0 Å². The summed E-state index contributed by atoms with van der Waals surface area (Å²) in [6.07, 6.45) is -2.13. The Bertz CT molecular complexity index is 1620. The van der Waals surface area contributed by atoms with E-state index in [2.05, 4.69) is 36.4 Å². The molecule has 264 valence electrons. The summed E-state index contributed by atoms with van der Waals surface area (Å²) < 4.78 is 52.6. The summed E-state index contributed by atoms with van der Waals surface area (Å²) in [5, 5.41) is 18.1. The molecule has 2 aliphatic heterocycles. The van der Waals surface area contributed by atoms with Gasteiger partial charge in [0.15, 0.2) is 17.8 Å². The minimum absolute atomic E-state index is 0.0366. The number of aromatic nitrogens is 1. The highest BCUT2D eigenvalue weighted by molar-refractivity contribution is 7.89. The number of oxazole rings is 1. The first-order chi connectivity index (χ1) is 22.7. The number of benzene rings is 2. The van der Waals surface area contributed by atoms with Crippen LogP contribution in [0.4, 0.5) is 4.79 Å². The van der Waals surface area contributed by atoms with Gasteiger partial charge in [-0.25, -0.2) is 18.2 Å². The quantitative estimate of drug-likeness (QED) is 0.238. The topological polar surface area (TPSA) is 152 Å². The zero-order valence-corrected chi connectivity index (χ0v) is 29.5. The normalized spacial score (nSPS) is 22.9. The lowest BCUT2D eigenvalue weighted by atomic mass is 9.90. The fraction of sp³-hybridized carbons (Fsp3) is 0.600. The van der Waals surface area contributed by atoms with Crippen molar-refractivity contribution in [2.45, 2.75) is 89.9 Å². The number of rotatable bonds is 13. The van der Waals surface area contributed by atoms with Crippen LogP contribution >= 0.6 is 0 Å². The molecule has 0 spiro atoms. The number of fused-ring (bicyclic) bond motifs is 2. The van der Waals surface area contributed by atoms with Crippen molar-refractivity contribution >= 4 is 27.2 Å². The van der Waals surface area contributed by atoms with Crippen molar-refractivity contribution in [1.29, 1.82) is 0 Å². The number of hydrogen-bond acceptors (Lipinski definition) is 10. The number of sulfonamides is 1. The average Bonchev–Trinajstić information content (AvgIpc) is 3.61. The van der Waals surface area contributed by atoms with Crippen LogP contribution in [0.2, 0.25) is 0 Å². The molecule has 0 aliphatic carbocycles. The zero-order valence-electron chi connectivity index (χ0n) is 28.7. The van der Waals surface area contributed by atoms with E-state index in [9.17, 15) is 18.3 Å². The van der Waals surface area contributed by atoms with Crippen molar-refractivity contribution in [2.24, 2.45) is 17.3 Å². The van der Waals surface area contributed by atoms with Crippen molar-refractivity contribution < 1.29 is 36.9 Å². The van der Waals surface area contributed by atoms with Crippen LogP contribution in [0.3, 0.4) is 0 Å². The molecule has 2 saturated heterocycles. The van der Waals surface area contributed by atoms with Crippen LogP contribution in [-0.4, -0.2) is 92.3 Å². The van der Waals surface area contributed by atoms with Crippen LogP contribution in [-0.2, 0) is 30.7 Å². The molecular weight excluding hydrogens is 636 g/mol. The predicted molar refractivity (Wildman–Crippen MR) is 181 cm³/mol. The third kappa shape index (κ3) is 9.13. The Morgan fingerprint density at radius 1 is 1.12 bits per heavy atom. The Morgan fingerprint density at radius 3 is 2.58 bits per heavy atom. The molecule has 2 fully saturated rings. The van der Waals surface area contributed by atoms with Gasteiger partial charge in [-0.2, -0.15) is 4.31 Å². The van der Waals surface area contributed by atoms with E-state index in [1.807, 2.05) is 44.2 Å². The molecule has 5 rings (SSSR count). The molecule has 2 aromatic carbocycles. The fourth-order valence-electron chi connectivity index (χ4n) is 6.29. The molecule has 12 nitrogen and oxygen atoms in total. The summed E-state index contributed by atoms with van der Waals surface area (Å²) >= 11 is 0. The van der Waals surface area contributed by atoms with E-state index < -0.39 is 40.7 Å². The predicted octanol–water partition coefficient (Wildman–Crippen LogP) is 4.25. The van der Waals surface area contributed by atoms with Gasteiger partial charge in [0.2, 0.25) is 10.0 Å². The summed E-state index contributed by atoms with van der Waals surface area (Å²) in [6.45, 7) is 13.5. The Kier molecular flexibility index (Phi) is 11.5. The molecule has 1 amide bonds. The number of carbonyl (C=O) groups is 1. The number of nitrogens with zero attached hydrogens (tertiary/aromatic N) is 2. The van der Waals surface area contributed by atoms with Gasteiger partial charge in [0.1, 0.15) is 11.6 Å². The first kappa shape index (κ1) is 36.2. The maximum atomic E-state index is 14.0. The van der Waals surface area contributed by atoms with Crippen LogP contribution in [0, 0.1) is 24.2 Å². The molecular formula is C35H50N4O8S. The minimum atomic E-state index is -4.05. The van der Waals surface area contributed by atoms with Gasteiger partial charge in [0, 0.05) is 39.0 Å². The summed E-state index contributed by atoms with van der Waals surface area (Å²) in [6, 6.07) is 13.1. The Balaban J connectivity index is 1.33. The fourth-order valence-corrected chi connectivity index (χ4v) is 7.93. The van der Waals surface area contributed by atoms with E-state index in [0.717, 1.165) is 12.1 Å². The Morgan fingerprint density at radius 2 is 1.88 bits per heavy atom. The van der Waals surface area contributed by atoms with Gasteiger partial charge in [-0.05, 0) is 41.5 Å². The molecule has 3 N–H and O–H groups in total. The number of ether oxygens (including phenoxy) is 3. The van der Waals surface area contributed by atoms with E-state index in [0.29, 0.717) is 36.6 Å². The highest BCUT2D eigenvalue weighted by atomic mass is 32.2. The highest BCUT2D eigenvalue weighted by Crippen LogP contribution is 2.34. The molecule has 1 aromatic heterocycles. The molecule has 2 aliphatic rings. The standard InChI is InChI=1S/C35H50N4O8S/c1-22(2)18-39(48(42,43)25-12-13-30-27(17-25)37-23(3)46-30)19-29(40)26(16-24-10-8-7-9-11-24)38-34(41)47-31-14-15-44-33-32(31)28(20-45-33)36-21-35(4,5)6/h7-13,17,22,26,28-29,31-33,36,40H,14-16,18-21H2,1-6H3,(H,38,41)/t26-,28-,29+,31-,32-,33-/m0/s1. The number of nitrogens with one attached hydrogen (secondary N) is 2. The molecule has 3 aromatic rings. The van der Waals surface area contributed by atoms with E-state index in [4.69, 9.17) is 18.6 Å². The number of amides is 1. The van der Waals surface area contributed by atoms with Gasteiger partial charge in [0.05, 0.1) is 36.2 Å². The second kappa shape index (κ2) is 15.2. The second-order valence-corrected chi connectivity index (χ2v) is 16.5. The molecule has 0 unspecified atom stereocenters. The van der Waals surface area contributed by atoms with Crippen LogP contribution < -0.4 is 10.6 Å². The first-order valence-corrected chi connectivity index (χ1v) is 18.2. The number of alkyl carbamates (subject to hydrolysis) is 1. The SMILES string of the molecule is Cc1nc2cc(S(=O)(=O)N(CC(C)C)C[C@@H](O)[C@H](Cc3ccccc3)NC(=O)O[C@H]3CCO[C@H]4OC[C@H](NCC(C)(C)C)[C@H]43)ccc2o1. The van der Waals surface area contributed by atoms with Crippen molar-refractivity contribution in [3.63, 3.8) is 0 Å². The van der Waals surface area contributed by atoms with Crippen LogP contribution in [0.5, 0.6) is 0 Å². The summed E-state index contributed by atoms with van der Waals surface area (Å²) in [7, 11) is -4.05. The minimum Gasteiger partial charge on any atom is -0.446 e. The maximum absolute atomic E-state index is 14.0. The average molecular weight is 687 g/mol. The third-order valence-corrected chi connectivity index (χ3v) is 10.4. The van der Waals surface area contributed by atoms with Gasteiger partial charge < -0.3 is 34.4 Å². The number of carbonyl (C=O) groups excluding carboxylic acids is 1. The van der Waals surface area contributed by atoms with Gasteiger partial charge in [-0.1, -0.05) is 65.0 Å². The lowest BCUT2D eigenvalue weighted by Crippen LogP contribution is -2.54. The third-order valence-electron chi connectivity index (χ3n) is 8.62. The number of aliphatic hydroxyl groups is 1. The van der Waals surface area contributed by atoms with Crippen LogP contribution in [0.1, 0.15) is 52.5 Å². The van der Waals surface area contributed by atoms with E-state index in [-0.39, 0.29) is 47.7 Å². The number of aryl methyl sites for hydroxylation is 1. The Labute approximate surface area is 283 Å². The molecule has 6 atom stereocenters. The van der Waals surface area contributed by atoms with Gasteiger partial charge >= 0.3 is 6.09 Å². The van der Waals surface area contributed by atoms with Gasteiger partial charge in [-0.3, -0.25) is 0 Å². The number of aliphatic hydroxyl groups excluding tert-OH is 1. The van der Waals surface area contributed by atoms with Crippen LogP contribution in [0.15, 0.2) is 57.8 Å². The summed E-state index contributed by atoms with van der Waals surface area (Å²) in [4.78, 5) is 17.9. The molecule has 13 heteroatoms. The summed E-state index contributed by atoms with van der Waals surface area (Å²) in [5.74, 6) is 0.205. The Hall–Kier alpha value is -3.07. The maximum Gasteiger partial charge on any atom is 0.407 e. The largest absolute Gasteiger partial charge is 0.446 e. The van der Waals surface area contributed by atoms with Crippen molar-refractivity contribution in [2.75, 3.05) is 32.8 Å². The molecule has 0 radical (unpaired) electrons. The molecule has 48 heavy (non-hydrogen) atoms. The molecule has 3 heterocycles. The lowest BCUT2D eigenvalue weighted by molar-refractivity contribution is -0.180.